The summed E-state index contributed by atoms with van der Waals surface area (Å²) in [6.45, 7) is 2.14. The third-order valence-corrected chi connectivity index (χ3v) is 2.85. The first-order chi connectivity index (χ1) is 5.74. The minimum absolute atomic E-state index is 0.788. The summed E-state index contributed by atoms with van der Waals surface area (Å²) < 4.78 is 9.04. The zero-order valence-corrected chi connectivity index (χ0v) is 8.53. The molecule has 0 saturated heterocycles. The summed E-state index contributed by atoms with van der Waals surface area (Å²) in [4.78, 5) is 0.788. The fourth-order valence-electron chi connectivity index (χ4n) is 1.06. The van der Waals surface area contributed by atoms with Gasteiger partial charge in [-0.3, -0.25) is 0 Å². The van der Waals surface area contributed by atoms with E-state index < -0.39 is 10.4 Å². The summed E-state index contributed by atoms with van der Waals surface area (Å²) in [7, 11) is 4.40. The van der Waals surface area contributed by atoms with E-state index in [1.807, 2.05) is 24.3 Å². The Balaban J connectivity index is 2.71. The molecule has 0 heterocycles. The Morgan fingerprint density at radius 1 is 1.33 bits per heavy atom. The van der Waals surface area contributed by atoms with Crippen molar-refractivity contribution in [3.8, 4) is 0 Å². The Bertz CT molecular complexity index is 233. The smallest absolute Gasteiger partial charge is 0.163 e. The molecule has 0 aromatic heterocycles. The second-order valence-corrected chi connectivity index (χ2v) is 4.45. The number of benzene rings is 1. The molecule has 0 amide bonds. The first-order valence-corrected chi connectivity index (χ1v) is 5.93. The van der Waals surface area contributed by atoms with Crippen LogP contribution in [0.4, 0.5) is 0 Å². The molecular formula is C9H12ClOS+. The van der Waals surface area contributed by atoms with Gasteiger partial charge in [0.2, 0.25) is 15.6 Å². The van der Waals surface area contributed by atoms with Gasteiger partial charge >= 0.3 is 0 Å². The van der Waals surface area contributed by atoms with E-state index in [2.05, 4.69) is 6.92 Å². The Morgan fingerprint density at radius 2 is 1.92 bits per heavy atom. The van der Waals surface area contributed by atoms with Crippen molar-refractivity contribution in [1.29, 1.82) is 0 Å². The normalized spacial score (nSPS) is 12.9. The lowest BCUT2D eigenvalue weighted by Gasteiger charge is -1.96. The molecular weight excluding hydrogens is 192 g/mol. The van der Waals surface area contributed by atoms with Crippen LogP contribution < -0.4 is 0 Å². The Labute approximate surface area is 80.4 Å². The summed E-state index contributed by atoms with van der Waals surface area (Å²) >= 11 is 0. The molecule has 66 valence electrons. The summed E-state index contributed by atoms with van der Waals surface area (Å²) in [6.07, 6.45) is 2.23. The molecule has 0 saturated carbocycles. The first kappa shape index (κ1) is 9.90. The second-order valence-electron chi connectivity index (χ2n) is 2.63. The number of halogens is 1. The molecule has 0 bridgehead atoms. The van der Waals surface area contributed by atoms with Gasteiger partial charge in [0, 0.05) is 0 Å². The third kappa shape index (κ3) is 2.70. The van der Waals surface area contributed by atoms with Crippen molar-refractivity contribution in [2.45, 2.75) is 24.7 Å². The van der Waals surface area contributed by atoms with E-state index >= 15 is 0 Å². The third-order valence-electron chi connectivity index (χ3n) is 1.66. The molecule has 0 radical (unpaired) electrons. The molecule has 0 aliphatic heterocycles. The minimum Gasteiger partial charge on any atom is -0.163 e. The van der Waals surface area contributed by atoms with Crippen LogP contribution >= 0.6 is 10.7 Å². The quantitative estimate of drug-likeness (QED) is 0.748. The highest BCUT2D eigenvalue weighted by molar-refractivity contribution is 8.13. The number of aryl methyl sites for hydroxylation is 1. The fraction of sp³-hybridized carbons (Fsp3) is 0.333. The highest BCUT2D eigenvalue weighted by atomic mass is 35.7. The van der Waals surface area contributed by atoms with Crippen molar-refractivity contribution in [2.24, 2.45) is 0 Å². The van der Waals surface area contributed by atoms with Crippen LogP contribution in [0.1, 0.15) is 18.9 Å². The van der Waals surface area contributed by atoms with Crippen molar-refractivity contribution in [3.05, 3.63) is 29.8 Å². The van der Waals surface area contributed by atoms with Crippen molar-refractivity contribution < 1.29 is 4.55 Å². The van der Waals surface area contributed by atoms with Crippen molar-refractivity contribution >= 4 is 21.1 Å². The van der Waals surface area contributed by atoms with E-state index in [0.717, 1.165) is 17.7 Å². The van der Waals surface area contributed by atoms with Crippen LogP contribution in [-0.2, 0) is 16.8 Å². The van der Waals surface area contributed by atoms with E-state index in [9.17, 15) is 0 Å². The zero-order chi connectivity index (χ0) is 8.97. The highest BCUT2D eigenvalue weighted by Crippen LogP contribution is 2.15. The summed E-state index contributed by atoms with van der Waals surface area (Å²) in [5.74, 6) is 0. The second kappa shape index (κ2) is 4.75. The fourth-order valence-corrected chi connectivity index (χ4v) is 1.73. The van der Waals surface area contributed by atoms with E-state index in [0.29, 0.717) is 0 Å². The molecule has 0 spiro atoms. The van der Waals surface area contributed by atoms with E-state index in [-0.39, 0.29) is 0 Å². The summed E-state index contributed by atoms with van der Waals surface area (Å²) in [5, 5.41) is 0. The maximum absolute atomic E-state index is 9.04. The number of hydrogen-bond donors (Lipinski definition) is 1. The molecule has 12 heavy (non-hydrogen) atoms. The van der Waals surface area contributed by atoms with Crippen LogP contribution in [0.15, 0.2) is 29.2 Å². The molecule has 1 rings (SSSR count). The molecule has 1 unspecified atom stereocenters. The predicted molar refractivity (Wildman–Crippen MR) is 54.5 cm³/mol. The van der Waals surface area contributed by atoms with Crippen LogP contribution in [0.25, 0.3) is 0 Å². The van der Waals surface area contributed by atoms with Gasteiger partial charge in [-0.05, 0) is 24.1 Å². The van der Waals surface area contributed by atoms with Gasteiger partial charge < -0.3 is 0 Å². The molecule has 1 atom stereocenters. The monoisotopic (exact) mass is 203 g/mol. The van der Waals surface area contributed by atoms with Crippen molar-refractivity contribution in [1.82, 2.24) is 0 Å². The lowest BCUT2D eigenvalue weighted by Crippen LogP contribution is -1.90. The average molecular weight is 204 g/mol. The van der Waals surface area contributed by atoms with Gasteiger partial charge in [0.25, 0.3) is 10.4 Å². The maximum Gasteiger partial charge on any atom is 0.299 e. The Morgan fingerprint density at radius 3 is 2.33 bits per heavy atom. The van der Waals surface area contributed by atoms with Gasteiger partial charge in [-0.15, -0.1) is 0 Å². The van der Waals surface area contributed by atoms with Crippen LogP contribution in [0.2, 0.25) is 0 Å². The lowest BCUT2D eigenvalue weighted by atomic mass is 10.1. The molecule has 1 aromatic carbocycles. The number of hydrogen-bond acceptors (Lipinski definition) is 1. The molecule has 0 fully saturated rings. The van der Waals surface area contributed by atoms with Gasteiger partial charge in [-0.1, -0.05) is 25.5 Å². The van der Waals surface area contributed by atoms with Crippen LogP contribution in [0.5, 0.6) is 0 Å². The standard InChI is InChI=1S/C9H12ClOS/c1-2-3-8-4-6-9(7-5-8)12(10)11/h4-7,11H,2-3H2,1H3/q+1. The summed E-state index contributed by atoms with van der Waals surface area (Å²) in [5.41, 5.74) is 1.29. The molecule has 1 aromatic rings. The van der Waals surface area contributed by atoms with E-state index in [4.69, 9.17) is 15.2 Å². The topological polar surface area (TPSA) is 20.2 Å². The van der Waals surface area contributed by atoms with E-state index in [1.54, 1.807) is 0 Å². The predicted octanol–water partition coefficient (Wildman–Crippen LogP) is 3.24. The van der Waals surface area contributed by atoms with E-state index in [1.165, 1.54) is 5.56 Å². The van der Waals surface area contributed by atoms with Crippen molar-refractivity contribution in [3.63, 3.8) is 0 Å². The largest absolute Gasteiger partial charge is 0.299 e. The van der Waals surface area contributed by atoms with Gasteiger partial charge in [0.1, 0.15) is 0 Å². The first-order valence-electron chi connectivity index (χ1n) is 3.92. The minimum atomic E-state index is -1.12. The Hall–Kier alpha value is -0.180. The Kier molecular flexibility index (Phi) is 3.92. The average Bonchev–Trinajstić information content (AvgIpc) is 2.06. The van der Waals surface area contributed by atoms with Crippen LogP contribution in [-0.4, -0.2) is 4.55 Å². The summed E-state index contributed by atoms with van der Waals surface area (Å²) in [6, 6.07) is 7.77. The van der Waals surface area contributed by atoms with Gasteiger partial charge in [-0.2, -0.15) is 4.55 Å². The molecule has 1 nitrogen and oxygen atoms in total. The van der Waals surface area contributed by atoms with Crippen LogP contribution in [0, 0.1) is 0 Å². The molecule has 1 N–H and O–H groups in total. The van der Waals surface area contributed by atoms with Crippen LogP contribution in [0.3, 0.4) is 0 Å². The van der Waals surface area contributed by atoms with Gasteiger partial charge in [-0.25, -0.2) is 0 Å². The molecule has 3 heteroatoms. The maximum atomic E-state index is 9.04. The molecule has 0 aliphatic rings. The highest BCUT2D eigenvalue weighted by Gasteiger charge is 2.15. The van der Waals surface area contributed by atoms with Gasteiger partial charge in [0.05, 0.1) is 0 Å². The SMILES string of the molecule is CCCc1ccc([S+](O)Cl)cc1. The lowest BCUT2D eigenvalue weighted by molar-refractivity contribution is 0.653. The van der Waals surface area contributed by atoms with Gasteiger partial charge in [0.15, 0.2) is 0 Å². The zero-order valence-electron chi connectivity index (χ0n) is 6.96. The molecule has 0 aliphatic carbocycles. The number of rotatable bonds is 3. The van der Waals surface area contributed by atoms with Crippen molar-refractivity contribution in [2.75, 3.05) is 0 Å².